The van der Waals surface area contributed by atoms with E-state index in [0.717, 1.165) is 0 Å². The molecule has 2 amide bonds. The average Bonchev–Trinajstić information content (AvgIpc) is 2.84. The van der Waals surface area contributed by atoms with Gasteiger partial charge in [-0.3, -0.25) is 24.1 Å². The van der Waals surface area contributed by atoms with Crippen molar-refractivity contribution >= 4 is 34.8 Å². The highest BCUT2D eigenvalue weighted by Gasteiger charge is 2.64. The number of fused-ring (bicyclic) bond motifs is 3. The number of likely N-dealkylation sites (N-methyl/N-ethyl adjacent to an activating group) is 1. The van der Waals surface area contributed by atoms with E-state index in [1.54, 1.807) is 33.1 Å². The van der Waals surface area contributed by atoms with Crippen molar-refractivity contribution in [1.29, 1.82) is 0 Å². The van der Waals surface area contributed by atoms with Crippen LogP contribution in [-0.4, -0.2) is 95.1 Å². The van der Waals surface area contributed by atoms with E-state index in [0.29, 0.717) is 24.2 Å². The molecule has 12 nitrogen and oxygen atoms in total. The number of nitrogens with two attached hydrogens (primary N) is 1. The Morgan fingerprint density at radius 3 is 2.33 bits per heavy atom. The van der Waals surface area contributed by atoms with Crippen LogP contribution in [0.1, 0.15) is 41.3 Å². The van der Waals surface area contributed by atoms with Crippen molar-refractivity contribution in [2.45, 2.75) is 37.8 Å². The molecule has 39 heavy (non-hydrogen) atoms. The molecule has 0 radical (unpaired) electrons. The lowest BCUT2D eigenvalue weighted by Gasteiger charge is -2.50. The molecule has 1 aromatic carbocycles. The number of ketones is 2. The Balaban J connectivity index is 1.98. The van der Waals surface area contributed by atoms with Crippen molar-refractivity contribution in [3.8, 4) is 5.75 Å². The summed E-state index contributed by atoms with van der Waals surface area (Å²) in [6.07, 6.45) is 0.772. The molecule has 210 valence electrons. The molecule has 0 aromatic heterocycles. The molecule has 0 unspecified atom stereocenters. The number of phenols is 1. The Bertz CT molecular complexity index is 1360. The number of phenolic OH excluding ortho intramolecular Hbond substituents is 1. The number of primary amides is 1. The van der Waals surface area contributed by atoms with Gasteiger partial charge in [0, 0.05) is 37.8 Å². The van der Waals surface area contributed by atoms with E-state index in [4.69, 9.17) is 5.73 Å². The van der Waals surface area contributed by atoms with Gasteiger partial charge in [0.05, 0.1) is 17.2 Å². The zero-order valence-electron chi connectivity index (χ0n) is 22.5. The molecular formula is C27H34N4O8. The van der Waals surface area contributed by atoms with Gasteiger partial charge in [-0.2, -0.15) is 0 Å². The Hall–Kier alpha value is -3.90. The molecule has 4 rings (SSSR count). The van der Waals surface area contributed by atoms with Crippen molar-refractivity contribution < 1.29 is 39.6 Å². The van der Waals surface area contributed by atoms with Crippen LogP contribution in [0.5, 0.6) is 5.75 Å². The van der Waals surface area contributed by atoms with E-state index >= 15 is 0 Å². The predicted molar refractivity (Wildman–Crippen MR) is 141 cm³/mol. The topological polar surface area (TPSA) is 194 Å². The van der Waals surface area contributed by atoms with Gasteiger partial charge in [0.1, 0.15) is 22.8 Å². The van der Waals surface area contributed by atoms with Crippen molar-refractivity contribution in [1.82, 2.24) is 10.2 Å². The average molecular weight is 543 g/mol. The minimum atomic E-state index is -2.72. The first kappa shape index (κ1) is 28.1. The summed E-state index contributed by atoms with van der Waals surface area (Å²) in [6.45, 7) is 2.22. The summed E-state index contributed by atoms with van der Waals surface area (Å²) in [5, 5.41) is 47.9. The van der Waals surface area contributed by atoms with E-state index in [-0.39, 0.29) is 29.5 Å². The van der Waals surface area contributed by atoms with Gasteiger partial charge in [-0.25, -0.2) is 0 Å². The summed E-state index contributed by atoms with van der Waals surface area (Å²) in [5.41, 5.74) is 2.27. The molecule has 3 aliphatic rings. The Kier molecular flexibility index (Phi) is 6.98. The number of hydrogen-bond acceptors (Lipinski definition) is 10. The van der Waals surface area contributed by atoms with Crippen molar-refractivity contribution in [2.75, 3.05) is 39.6 Å². The number of aromatic hydroxyl groups is 1. The number of carbonyl (C=O) groups excluding carboxylic acids is 4. The second-order valence-electron chi connectivity index (χ2n) is 10.8. The molecule has 1 fully saturated rings. The fourth-order valence-corrected chi connectivity index (χ4v) is 6.20. The van der Waals surface area contributed by atoms with Crippen LogP contribution < -0.4 is 16.0 Å². The summed E-state index contributed by atoms with van der Waals surface area (Å²) >= 11 is 0. The van der Waals surface area contributed by atoms with Crippen LogP contribution in [0.25, 0.3) is 5.76 Å². The third-order valence-corrected chi connectivity index (χ3v) is 7.96. The molecule has 1 saturated carbocycles. The van der Waals surface area contributed by atoms with Gasteiger partial charge < -0.3 is 36.4 Å². The number of nitrogens with one attached hydrogen (secondary N) is 1. The second-order valence-corrected chi connectivity index (χ2v) is 10.8. The summed E-state index contributed by atoms with van der Waals surface area (Å²) in [6, 6.07) is 0.354. The highest BCUT2D eigenvalue weighted by molar-refractivity contribution is 6.24. The number of benzene rings is 1. The smallest absolute Gasteiger partial charge is 0.255 e. The number of aliphatic hydroxyl groups excluding tert-OH is 2. The predicted octanol–water partition coefficient (Wildman–Crippen LogP) is 0.170. The quantitative estimate of drug-likeness (QED) is 0.270. The molecule has 4 atom stereocenters. The molecule has 0 heterocycles. The SMILES string of the molecule is CCCNC(=O)c1cc(N(C)C)c2c(c1O)C(O)=C1C(=O)[C@]3(O)C(O)=C(C(N)=O)C(=O)[C@@H](N(C)C)[C@@H]3C[C@@H]1C2. The molecule has 3 aliphatic carbocycles. The Labute approximate surface area is 225 Å². The number of Topliss-reactive ketones (excluding diaryl/α,β-unsaturated/α-hetero) is 2. The monoisotopic (exact) mass is 542 g/mol. The third kappa shape index (κ3) is 3.97. The lowest BCUT2D eigenvalue weighted by atomic mass is 9.57. The molecule has 1 aromatic rings. The number of hydrogen-bond donors (Lipinski definition) is 6. The maximum Gasteiger partial charge on any atom is 0.255 e. The highest BCUT2D eigenvalue weighted by Crippen LogP contribution is 2.54. The van der Waals surface area contributed by atoms with Gasteiger partial charge in [-0.1, -0.05) is 6.92 Å². The van der Waals surface area contributed by atoms with Gasteiger partial charge in [-0.05, 0) is 50.9 Å². The molecule has 12 heteroatoms. The van der Waals surface area contributed by atoms with Crippen molar-refractivity contribution in [2.24, 2.45) is 17.6 Å². The number of rotatable bonds is 6. The zero-order valence-corrected chi connectivity index (χ0v) is 22.5. The number of nitrogens with zero attached hydrogens (tertiary/aromatic N) is 2. The minimum absolute atomic E-state index is 0.0157. The molecule has 7 N–H and O–H groups in total. The van der Waals surface area contributed by atoms with Gasteiger partial charge in [-0.15, -0.1) is 0 Å². The van der Waals surface area contributed by atoms with Crippen LogP contribution >= 0.6 is 0 Å². The molecule has 0 saturated heterocycles. The lowest BCUT2D eigenvalue weighted by molar-refractivity contribution is -0.153. The molecular weight excluding hydrogens is 508 g/mol. The van der Waals surface area contributed by atoms with Crippen molar-refractivity contribution in [3.05, 3.63) is 39.7 Å². The van der Waals surface area contributed by atoms with Crippen LogP contribution in [0.3, 0.4) is 0 Å². The maximum absolute atomic E-state index is 14.0. The minimum Gasteiger partial charge on any atom is -0.508 e. The van der Waals surface area contributed by atoms with Crippen LogP contribution in [-0.2, 0) is 20.8 Å². The second kappa shape index (κ2) is 9.69. The number of aliphatic hydroxyl groups is 3. The molecule has 0 aliphatic heterocycles. The number of amides is 2. The number of carbonyl (C=O) groups is 4. The van der Waals surface area contributed by atoms with Crippen LogP contribution in [0.4, 0.5) is 5.69 Å². The summed E-state index contributed by atoms with van der Waals surface area (Å²) < 4.78 is 0. The summed E-state index contributed by atoms with van der Waals surface area (Å²) in [7, 11) is 6.55. The van der Waals surface area contributed by atoms with Crippen LogP contribution in [0.15, 0.2) is 23.0 Å². The number of anilines is 1. The first-order chi connectivity index (χ1) is 18.2. The summed E-state index contributed by atoms with van der Waals surface area (Å²) in [4.78, 5) is 55.3. The first-order valence-electron chi connectivity index (χ1n) is 12.7. The lowest BCUT2D eigenvalue weighted by Crippen LogP contribution is -2.65. The van der Waals surface area contributed by atoms with Crippen molar-refractivity contribution in [3.63, 3.8) is 0 Å². The van der Waals surface area contributed by atoms with Crippen LogP contribution in [0.2, 0.25) is 0 Å². The van der Waals surface area contributed by atoms with E-state index in [2.05, 4.69) is 5.32 Å². The zero-order chi connectivity index (χ0) is 29.1. The summed E-state index contributed by atoms with van der Waals surface area (Å²) in [5.74, 6) is -7.96. The Morgan fingerprint density at radius 1 is 1.15 bits per heavy atom. The fraction of sp³-hybridized carbons (Fsp3) is 0.481. The highest BCUT2D eigenvalue weighted by atomic mass is 16.3. The van der Waals surface area contributed by atoms with E-state index in [1.807, 2.05) is 6.92 Å². The third-order valence-electron chi connectivity index (χ3n) is 7.96. The standard InChI is InChI=1S/C27H34N4O8/c1-6-7-29-26(38)13-10-15(30(2)3)12-8-11-9-14-19(31(4)5)22(34)18(25(28)37)24(36)27(14,39)23(35)16(11)21(33)17(12)20(13)32/h10-11,14,19,32-33,36,39H,6-9H2,1-5H3,(H2,28,37)(H,29,38)/t11-,14-,19-,27-/m0/s1. The van der Waals surface area contributed by atoms with Gasteiger partial charge in [0.25, 0.3) is 11.8 Å². The normalized spacial score (nSPS) is 26.3. The van der Waals surface area contributed by atoms with Gasteiger partial charge in [0.2, 0.25) is 5.78 Å². The van der Waals surface area contributed by atoms with E-state index in [1.165, 1.54) is 11.0 Å². The van der Waals surface area contributed by atoms with Gasteiger partial charge in [0.15, 0.2) is 11.4 Å². The Morgan fingerprint density at radius 2 is 1.79 bits per heavy atom. The molecule has 0 spiro atoms. The van der Waals surface area contributed by atoms with Gasteiger partial charge >= 0.3 is 0 Å². The van der Waals surface area contributed by atoms with E-state index in [9.17, 15) is 39.6 Å². The maximum atomic E-state index is 14.0. The fourth-order valence-electron chi connectivity index (χ4n) is 6.20. The largest absolute Gasteiger partial charge is 0.508 e. The first-order valence-corrected chi connectivity index (χ1v) is 12.7. The van der Waals surface area contributed by atoms with Crippen LogP contribution in [0, 0.1) is 11.8 Å². The molecule has 0 bridgehead atoms. The van der Waals surface area contributed by atoms with E-state index < -0.39 is 69.7 Å².